The van der Waals surface area contributed by atoms with Gasteiger partial charge in [-0.2, -0.15) is 0 Å². The Hall–Kier alpha value is -2.93. The Bertz CT molecular complexity index is 960. The molecule has 1 nitrogen and oxygen atoms in total. The molecule has 0 spiro atoms. The van der Waals surface area contributed by atoms with Crippen molar-refractivity contribution in [3.8, 4) is 0 Å². The molecule has 2 aliphatic rings. The van der Waals surface area contributed by atoms with E-state index in [0.717, 1.165) is 25.7 Å². The standard InChI is InChI=1S/C27H25N/c1-3-9-20(10-4-1)17-22-13-7-15-24-19-25-16-8-14-23(27(25)28-26(22)24)18-21-11-5-2-6-12-21/h1-6,9-12,17-19H,7-8,13-16H2/b22-17+,23-18+. The van der Waals surface area contributed by atoms with E-state index in [-0.39, 0.29) is 0 Å². The Morgan fingerprint density at radius 3 is 1.50 bits per heavy atom. The molecule has 138 valence electrons. The summed E-state index contributed by atoms with van der Waals surface area (Å²) in [6.07, 6.45) is 11.6. The molecule has 0 N–H and O–H groups in total. The maximum atomic E-state index is 5.27. The summed E-state index contributed by atoms with van der Waals surface area (Å²) in [5, 5.41) is 0. The highest BCUT2D eigenvalue weighted by molar-refractivity contribution is 5.86. The largest absolute Gasteiger partial charge is 0.248 e. The van der Waals surface area contributed by atoms with Gasteiger partial charge in [-0.05, 0) is 84.1 Å². The molecular formula is C27H25N. The van der Waals surface area contributed by atoms with Crippen LogP contribution in [-0.4, -0.2) is 4.98 Å². The third-order valence-electron chi connectivity index (χ3n) is 5.85. The van der Waals surface area contributed by atoms with Crippen molar-refractivity contribution in [1.82, 2.24) is 4.98 Å². The number of fused-ring (bicyclic) bond motifs is 2. The van der Waals surface area contributed by atoms with Crippen LogP contribution in [0.1, 0.15) is 59.3 Å². The van der Waals surface area contributed by atoms with E-state index in [1.54, 1.807) is 0 Å². The van der Waals surface area contributed by atoms with Crippen molar-refractivity contribution >= 4 is 23.3 Å². The van der Waals surface area contributed by atoms with Gasteiger partial charge in [-0.1, -0.05) is 66.7 Å². The molecule has 1 heterocycles. The number of pyridine rings is 1. The molecule has 0 amide bonds. The number of aryl methyl sites for hydroxylation is 2. The predicted molar refractivity (Wildman–Crippen MR) is 119 cm³/mol. The lowest BCUT2D eigenvalue weighted by molar-refractivity contribution is 0.775. The van der Waals surface area contributed by atoms with Crippen molar-refractivity contribution in [1.29, 1.82) is 0 Å². The number of allylic oxidation sites excluding steroid dienone is 2. The zero-order valence-electron chi connectivity index (χ0n) is 16.2. The van der Waals surface area contributed by atoms with Crippen LogP contribution in [0.3, 0.4) is 0 Å². The summed E-state index contributed by atoms with van der Waals surface area (Å²) in [7, 11) is 0. The first kappa shape index (κ1) is 17.2. The summed E-state index contributed by atoms with van der Waals surface area (Å²) in [6.45, 7) is 0. The minimum Gasteiger partial charge on any atom is -0.248 e. The average molecular weight is 364 g/mol. The zero-order chi connectivity index (χ0) is 18.8. The number of hydrogen-bond acceptors (Lipinski definition) is 1. The Labute approximate surface area is 167 Å². The van der Waals surface area contributed by atoms with Crippen LogP contribution in [0.15, 0.2) is 66.7 Å². The minimum absolute atomic E-state index is 1.12. The molecule has 2 aromatic carbocycles. The Morgan fingerprint density at radius 2 is 1.04 bits per heavy atom. The lowest BCUT2D eigenvalue weighted by Gasteiger charge is -2.25. The van der Waals surface area contributed by atoms with Gasteiger partial charge >= 0.3 is 0 Å². The Kier molecular flexibility index (Phi) is 4.66. The maximum Gasteiger partial charge on any atom is 0.0701 e. The van der Waals surface area contributed by atoms with E-state index in [1.807, 2.05) is 0 Å². The van der Waals surface area contributed by atoms with E-state index < -0.39 is 0 Å². The van der Waals surface area contributed by atoms with E-state index in [4.69, 9.17) is 4.98 Å². The highest BCUT2D eigenvalue weighted by atomic mass is 14.7. The first-order valence-corrected chi connectivity index (χ1v) is 10.4. The quantitative estimate of drug-likeness (QED) is 0.486. The Balaban J connectivity index is 1.60. The molecule has 0 fully saturated rings. The van der Waals surface area contributed by atoms with Crippen molar-refractivity contribution in [2.75, 3.05) is 0 Å². The topological polar surface area (TPSA) is 12.9 Å². The van der Waals surface area contributed by atoms with Crippen molar-refractivity contribution in [2.45, 2.75) is 38.5 Å². The molecule has 0 saturated heterocycles. The zero-order valence-corrected chi connectivity index (χ0v) is 16.2. The fraction of sp³-hybridized carbons (Fsp3) is 0.222. The van der Waals surface area contributed by atoms with Gasteiger partial charge in [0.25, 0.3) is 0 Å². The summed E-state index contributed by atoms with van der Waals surface area (Å²) in [5.41, 5.74) is 10.7. The Morgan fingerprint density at radius 1 is 0.571 bits per heavy atom. The van der Waals surface area contributed by atoms with Gasteiger partial charge in [-0.25, -0.2) is 4.98 Å². The molecule has 5 rings (SSSR count). The third kappa shape index (κ3) is 3.45. The number of nitrogens with zero attached hydrogens (tertiary/aromatic N) is 1. The molecule has 1 aromatic heterocycles. The van der Waals surface area contributed by atoms with Crippen molar-refractivity contribution in [2.24, 2.45) is 0 Å². The van der Waals surface area contributed by atoms with Gasteiger partial charge in [-0.3, -0.25) is 0 Å². The molecule has 0 radical (unpaired) electrons. The molecule has 0 unspecified atom stereocenters. The van der Waals surface area contributed by atoms with Crippen LogP contribution in [0, 0.1) is 0 Å². The monoisotopic (exact) mass is 363 g/mol. The molecule has 0 saturated carbocycles. The normalized spacial score (nSPS) is 18.7. The van der Waals surface area contributed by atoms with E-state index >= 15 is 0 Å². The van der Waals surface area contributed by atoms with Gasteiger partial charge in [0.1, 0.15) is 0 Å². The highest BCUT2D eigenvalue weighted by Gasteiger charge is 2.22. The molecule has 0 bridgehead atoms. The molecule has 28 heavy (non-hydrogen) atoms. The second-order valence-corrected chi connectivity index (χ2v) is 7.87. The van der Waals surface area contributed by atoms with Gasteiger partial charge in [0, 0.05) is 0 Å². The summed E-state index contributed by atoms with van der Waals surface area (Å²) in [5.74, 6) is 0. The van der Waals surface area contributed by atoms with Gasteiger partial charge in [0.15, 0.2) is 0 Å². The second-order valence-electron chi connectivity index (χ2n) is 7.87. The summed E-state index contributed by atoms with van der Waals surface area (Å²) in [4.78, 5) is 5.27. The lowest BCUT2D eigenvalue weighted by atomic mass is 9.84. The third-order valence-corrected chi connectivity index (χ3v) is 5.85. The van der Waals surface area contributed by atoms with Crippen LogP contribution in [0.4, 0.5) is 0 Å². The van der Waals surface area contributed by atoms with E-state index in [0.29, 0.717) is 0 Å². The van der Waals surface area contributed by atoms with Crippen LogP contribution in [0.5, 0.6) is 0 Å². The van der Waals surface area contributed by atoms with Crippen LogP contribution in [0.2, 0.25) is 0 Å². The van der Waals surface area contributed by atoms with Crippen LogP contribution in [-0.2, 0) is 12.8 Å². The van der Waals surface area contributed by atoms with Gasteiger partial charge < -0.3 is 0 Å². The predicted octanol–water partition coefficient (Wildman–Crippen LogP) is 6.84. The van der Waals surface area contributed by atoms with E-state index in [2.05, 4.69) is 78.9 Å². The van der Waals surface area contributed by atoms with Crippen LogP contribution in [0.25, 0.3) is 23.3 Å². The van der Waals surface area contributed by atoms with Crippen LogP contribution < -0.4 is 0 Å². The second kappa shape index (κ2) is 7.59. The number of aromatic nitrogens is 1. The number of benzene rings is 2. The number of rotatable bonds is 2. The van der Waals surface area contributed by atoms with Crippen molar-refractivity contribution in [3.05, 3.63) is 100 Å². The lowest BCUT2D eigenvalue weighted by Crippen LogP contribution is -2.12. The summed E-state index contributed by atoms with van der Waals surface area (Å²) >= 11 is 0. The SMILES string of the molecule is C(=C1/CCCc2cc3c(nc21)/C(=C/c1ccccc1)CCC3)/c1ccccc1. The summed E-state index contributed by atoms with van der Waals surface area (Å²) in [6, 6.07) is 23.8. The summed E-state index contributed by atoms with van der Waals surface area (Å²) < 4.78 is 0. The maximum absolute atomic E-state index is 5.27. The van der Waals surface area contributed by atoms with Crippen molar-refractivity contribution in [3.63, 3.8) is 0 Å². The van der Waals surface area contributed by atoms with Gasteiger partial charge in [0.2, 0.25) is 0 Å². The van der Waals surface area contributed by atoms with Gasteiger partial charge in [0.05, 0.1) is 11.4 Å². The molecule has 3 aromatic rings. The first-order valence-electron chi connectivity index (χ1n) is 10.4. The number of hydrogen-bond donors (Lipinski definition) is 0. The molecule has 0 atom stereocenters. The highest BCUT2D eigenvalue weighted by Crippen LogP contribution is 2.37. The van der Waals surface area contributed by atoms with Crippen LogP contribution >= 0.6 is 0 Å². The molecule has 0 aliphatic heterocycles. The minimum atomic E-state index is 1.12. The fourth-order valence-corrected chi connectivity index (χ4v) is 4.50. The van der Waals surface area contributed by atoms with Crippen molar-refractivity contribution < 1.29 is 0 Å². The molecule has 1 heteroatoms. The smallest absolute Gasteiger partial charge is 0.0701 e. The first-order chi connectivity index (χ1) is 13.9. The van der Waals surface area contributed by atoms with Gasteiger partial charge in [-0.15, -0.1) is 0 Å². The van der Waals surface area contributed by atoms with E-state index in [1.165, 1.54) is 57.6 Å². The fourth-order valence-electron chi connectivity index (χ4n) is 4.50. The average Bonchev–Trinajstić information content (AvgIpc) is 2.75. The molecular weight excluding hydrogens is 338 g/mol. The molecule has 2 aliphatic carbocycles. The van der Waals surface area contributed by atoms with E-state index in [9.17, 15) is 0 Å².